The van der Waals surface area contributed by atoms with E-state index < -0.39 is 0 Å². The van der Waals surface area contributed by atoms with Gasteiger partial charge in [0.2, 0.25) is 0 Å². The zero-order valence-electron chi connectivity index (χ0n) is 8.74. The fourth-order valence-electron chi connectivity index (χ4n) is 1.18. The van der Waals surface area contributed by atoms with Gasteiger partial charge in [0.1, 0.15) is 0 Å². The van der Waals surface area contributed by atoms with Gasteiger partial charge >= 0.3 is 0 Å². The van der Waals surface area contributed by atoms with E-state index >= 15 is 0 Å². The van der Waals surface area contributed by atoms with Crippen molar-refractivity contribution >= 4 is 22.9 Å². The van der Waals surface area contributed by atoms with Gasteiger partial charge in [-0.3, -0.25) is 0 Å². The number of aromatic nitrogens is 2. The highest BCUT2D eigenvalue weighted by molar-refractivity contribution is 7.15. The van der Waals surface area contributed by atoms with Crippen molar-refractivity contribution in [3.8, 4) is 10.8 Å². The second-order valence-corrected chi connectivity index (χ2v) is 5.33. The minimum atomic E-state index is -0.218. The number of alkyl halides is 1. The highest BCUT2D eigenvalue weighted by Gasteiger charge is 2.14. The summed E-state index contributed by atoms with van der Waals surface area (Å²) in [5, 5.41) is 3.60. The highest BCUT2D eigenvalue weighted by atomic mass is 35.5. The third-order valence-corrected chi connectivity index (χ3v) is 3.51. The molecule has 0 saturated carbocycles. The lowest BCUT2D eigenvalue weighted by Gasteiger charge is -1.89. The number of nitrogens with zero attached hydrogens (tertiary/aromatic N) is 2. The molecule has 5 heteroatoms. The maximum atomic E-state index is 5.86. The van der Waals surface area contributed by atoms with Gasteiger partial charge in [0, 0.05) is 4.88 Å². The Kier molecular flexibility index (Phi) is 2.80. The summed E-state index contributed by atoms with van der Waals surface area (Å²) >= 11 is 7.51. The molecule has 2 aromatic rings. The van der Waals surface area contributed by atoms with Crippen LogP contribution in [-0.2, 0) is 0 Å². The average Bonchev–Trinajstić information content (AvgIpc) is 2.74. The van der Waals surface area contributed by atoms with Crippen LogP contribution >= 0.6 is 22.9 Å². The third kappa shape index (κ3) is 2.06. The third-order valence-electron chi connectivity index (χ3n) is 2.17. The topological polar surface area (TPSA) is 38.9 Å². The van der Waals surface area contributed by atoms with Crippen molar-refractivity contribution in [3.63, 3.8) is 0 Å². The second-order valence-electron chi connectivity index (χ2n) is 3.42. The molecule has 0 spiro atoms. The minimum absolute atomic E-state index is 0.218. The molecule has 0 aliphatic rings. The van der Waals surface area contributed by atoms with Crippen molar-refractivity contribution < 1.29 is 4.52 Å². The first-order valence-electron chi connectivity index (χ1n) is 4.63. The molecule has 3 nitrogen and oxygen atoms in total. The first-order chi connectivity index (χ1) is 7.08. The van der Waals surface area contributed by atoms with E-state index in [1.165, 1.54) is 10.4 Å². The molecule has 0 aromatic carbocycles. The summed E-state index contributed by atoms with van der Waals surface area (Å²) in [6.45, 7) is 5.96. The van der Waals surface area contributed by atoms with Crippen molar-refractivity contribution in [2.45, 2.75) is 26.1 Å². The molecule has 1 unspecified atom stereocenters. The van der Waals surface area contributed by atoms with Crippen molar-refractivity contribution in [1.82, 2.24) is 10.1 Å². The Balaban J connectivity index is 2.37. The number of halogens is 1. The van der Waals surface area contributed by atoms with E-state index in [2.05, 4.69) is 30.1 Å². The van der Waals surface area contributed by atoms with Crippen LogP contribution in [0.2, 0.25) is 0 Å². The van der Waals surface area contributed by atoms with Gasteiger partial charge in [0.25, 0.3) is 5.89 Å². The lowest BCUT2D eigenvalue weighted by atomic mass is 10.3. The predicted molar refractivity (Wildman–Crippen MR) is 61.4 cm³/mol. The number of hydrogen-bond donors (Lipinski definition) is 0. The largest absolute Gasteiger partial charge is 0.333 e. The van der Waals surface area contributed by atoms with Crippen LogP contribution in [0.25, 0.3) is 10.8 Å². The molecule has 0 amide bonds. The van der Waals surface area contributed by atoms with E-state index in [-0.39, 0.29) is 5.38 Å². The fourth-order valence-corrected chi connectivity index (χ4v) is 2.22. The van der Waals surface area contributed by atoms with Crippen molar-refractivity contribution in [2.24, 2.45) is 0 Å². The SMILES string of the molecule is Cc1cc(-c2nc(C(C)Cl)no2)sc1C. The zero-order valence-corrected chi connectivity index (χ0v) is 10.3. The van der Waals surface area contributed by atoms with Gasteiger partial charge in [-0.2, -0.15) is 4.98 Å². The summed E-state index contributed by atoms with van der Waals surface area (Å²) in [6, 6.07) is 2.05. The van der Waals surface area contributed by atoms with Crippen LogP contribution in [-0.4, -0.2) is 10.1 Å². The van der Waals surface area contributed by atoms with Crippen LogP contribution in [0.1, 0.15) is 28.6 Å². The molecule has 2 heterocycles. The summed E-state index contributed by atoms with van der Waals surface area (Å²) in [7, 11) is 0. The molecular weight excluding hydrogens is 232 g/mol. The molecule has 15 heavy (non-hydrogen) atoms. The van der Waals surface area contributed by atoms with Gasteiger partial charge < -0.3 is 4.52 Å². The lowest BCUT2D eigenvalue weighted by Crippen LogP contribution is -1.85. The molecule has 0 aliphatic carbocycles. The Hall–Kier alpha value is -0.870. The molecular formula is C10H11ClN2OS. The number of aryl methyl sites for hydroxylation is 2. The summed E-state index contributed by atoms with van der Waals surface area (Å²) in [4.78, 5) is 6.50. The average molecular weight is 243 g/mol. The van der Waals surface area contributed by atoms with Crippen LogP contribution < -0.4 is 0 Å². The van der Waals surface area contributed by atoms with E-state index in [9.17, 15) is 0 Å². The Bertz CT molecular complexity index is 456. The van der Waals surface area contributed by atoms with Gasteiger partial charge in [-0.25, -0.2) is 0 Å². The molecule has 0 N–H and O–H groups in total. The smallest absolute Gasteiger partial charge is 0.268 e. The molecule has 0 fully saturated rings. The standard InChI is InChI=1S/C10H11ClN2OS/c1-5-4-8(15-7(5)3)10-12-9(6(2)11)13-14-10/h4,6H,1-3H3. The van der Waals surface area contributed by atoms with Crippen LogP contribution in [0, 0.1) is 13.8 Å². The Morgan fingerprint density at radius 2 is 2.20 bits per heavy atom. The van der Waals surface area contributed by atoms with E-state index in [4.69, 9.17) is 16.1 Å². The summed E-state index contributed by atoms with van der Waals surface area (Å²) in [5.74, 6) is 1.09. The molecule has 1 atom stereocenters. The summed E-state index contributed by atoms with van der Waals surface area (Å²) < 4.78 is 5.15. The van der Waals surface area contributed by atoms with Gasteiger partial charge in [0.05, 0.1) is 10.3 Å². The van der Waals surface area contributed by atoms with Crippen LogP contribution in [0.4, 0.5) is 0 Å². The Morgan fingerprint density at radius 1 is 1.47 bits per heavy atom. The number of thiophene rings is 1. The molecule has 0 saturated heterocycles. The molecule has 2 aromatic heterocycles. The molecule has 2 rings (SSSR count). The second kappa shape index (κ2) is 3.94. The predicted octanol–water partition coefficient (Wildman–Crippen LogP) is 3.71. The van der Waals surface area contributed by atoms with E-state index in [1.54, 1.807) is 11.3 Å². The van der Waals surface area contributed by atoms with E-state index in [1.807, 2.05) is 6.92 Å². The van der Waals surface area contributed by atoms with Gasteiger partial charge in [-0.1, -0.05) is 5.16 Å². The van der Waals surface area contributed by atoms with Crippen molar-refractivity contribution in [2.75, 3.05) is 0 Å². The Labute approximate surface area is 97.1 Å². The highest BCUT2D eigenvalue weighted by Crippen LogP contribution is 2.30. The van der Waals surface area contributed by atoms with Crippen LogP contribution in [0.15, 0.2) is 10.6 Å². The molecule has 0 radical (unpaired) electrons. The monoisotopic (exact) mass is 242 g/mol. The van der Waals surface area contributed by atoms with E-state index in [0.29, 0.717) is 11.7 Å². The van der Waals surface area contributed by atoms with Crippen LogP contribution in [0.3, 0.4) is 0 Å². The zero-order chi connectivity index (χ0) is 11.0. The quantitative estimate of drug-likeness (QED) is 0.754. The van der Waals surface area contributed by atoms with E-state index in [0.717, 1.165) is 4.88 Å². The van der Waals surface area contributed by atoms with Gasteiger partial charge in [0.15, 0.2) is 5.82 Å². The number of rotatable bonds is 2. The lowest BCUT2D eigenvalue weighted by molar-refractivity contribution is 0.423. The molecule has 0 aliphatic heterocycles. The first-order valence-corrected chi connectivity index (χ1v) is 5.88. The Morgan fingerprint density at radius 3 is 2.67 bits per heavy atom. The maximum absolute atomic E-state index is 5.86. The number of hydrogen-bond acceptors (Lipinski definition) is 4. The fraction of sp³-hybridized carbons (Fsp3) is 0.400. The summed E-state index contributed by atoms with van der Waals surface area (Å²) in [5.41, 5.74) is 1.24. The van der Waals surface area contributed by atoms with Gasteiger partial charge in [-0.05, 0) is 32.4 Å². The molecule has 80 valence electrons. The first kappa shape index (κ1) is 10.6. The molecule has 0 bridgehead atoms. The van der Waals surface area contributed by atoms with Crippen molar-refractivity contribution in [3.05, 3.63) is 22.3 Å². The van der Waals surface area contributed by atoms with Gasteiger partial charge in [-0.15, -0.1) is 22.9 Å². The summed E-state index contributed by atoms with van der Waals surface area (Å²) in [6.07, 6.45) is 0. The van der Waals surface area contributed by atoms with Crippen LogP contribution in [0.5, 0.6) is 0 Å². The van der Waals surface area contributed by atoms with Crippen molar-refractivity contribution in [1.29, 1.82) is 0 Å². The normalized spacial score (nSPS) is 13.1. The maximum Gasteiger partial charge on any atom is 0.268 e. The minimum Gasteiger partial charge on any atom is -0.333 e.